The minimum absolute atomic E-state index is 0.204. The smallest absolute Gasteiger partial charge is 0.256 e. The molecule has 1 heterocycles. The van der Waals surface area contributed by atoms with Crippen molar-refractivity contribution < 1.29 is 9.53 Å². The topological polar surface area (TPSA) is 77.2 Å². The second kappa shape index (κ2) is 8.62. The zero-order valence-corrected chi connectivity index (χ0v) is 14.4. The zero-order chi connectivity index (χ0) is 17.5. The maximum Gasteiger partial charge on any atom is 0.256 e. The van der Waals surface area contributed by atoms with Gasteiger partial charge in [-0.2, -0.15) is 0 Å². The summed E-state index contributed by atoms with van der Waals surface area (Å²) in [6.45, 7) is 1.14. The number of pyridine rings is 1. The monoisotopic (exact) mass is 339 g/mol. The first-order chi connectivity index (χ1) is 12.3. The van der Waals surface area contributed by atoms with E-state index in [-0.39, 0.29) is 5.91 Å². The van der Waals surface area contributed by atoms with E-state index < -0.39 is 0 Å². The average Bonchev–Trinajstić information content (AvgIpc) is 2.68. The number of hydrogen-bond donors (Lipinski definition) is 2. The molecule has 1 aliphatic rings. The van der Waals surface area contributed by atoms with Crippen LogP contribution in [0, 0.1) is 5.92 Å². The average molecular weight is 339 g/mol. The fraction of sp³-hybridized carbons (Fsp3) is 0.400. The molecule has 0 aliphatic heterocycles. The van der Waals surface area contributed by atoms with Crippen molar-refractivity contribution >= 4 is 11.7 Å². The molecule has 3 rings (SSSR count). The number of nitrogens with two attached hydrogens (primary N) is 1. The molecule has 0 atom stereocenters. The minimum atomic E-state index is -0.204. The predicted molar refractivity (Wildman–Crippen MR) is 98.6 cm³/mol. The van der Waals surface area contributed by atoms with E-state index in [9.17, 15) is 4.79 Å². The number of nitrogens with zero attached hydrogens (tertiary/aromatic N) is 1. The van der Waals surface area contributed by atoms with Gasteiger partial charge in [-0.15, -0.1) is 0 Å². The van der Waals surface area contributed by atoms with Crippen LogP contribution in [0.1, 0.15) is 48.0 Å². The molecule has 5 nitrogen and oxygen atoms in total. The van der Waals surface area contributed by atoms with Gasteiger partial charge in [0.1, 0.15) is 0 Å². The largest absolute Gasteiger partial charge is 0.489 e. The van der Waals surface area contributed by atoms with E-state index in [1.165, 1.54) is 32.1 Å². The second-order valence-electron chi connectivity index (χ2n) is 6.52. The maximum atomic E-state index is 12.4. The van der Waals surface area contributed by atoms with Crippen LogP contribution < -0.4 is 15.8 Å². The number of benzene rings is 1. The molecule has 1 aromatic carbocycles. The van der Waals surface area contributed by atoms with Crippen molar-refractivity contribution in [3.8, 4) is 5.75 Å². The first-order valence-electron chi connectivity index (χ1n) is 8.94. The molecule has 132 valence electrons. The number of hydrogen-bond acceptors (Lipinski definition) is 4. The van der Waals surface area contributed by atoms with Crippen LogP contribution in [-0.2, 0) is 6.54 Å². The summed E-state index contributed by atoms with van der Waals surface area (Å²) in [5.74, 6) is 1.48. The van der Waals surface area contributed by atoms with Gasteiger partial charge in [-0.1, -0.05) is 31.4 Å². The van der Waals surface area contributed by atoms with Crippen molar-refractivity contribution in [3.05, 3.63) is 53.7 Å². The van der Waals surface area contributed by atoms with Gasteiger partial charge in [-0.25, -0.2) is 4.98 Å². The molecule has 1 aromatic heterocycles. The summed E-state index contributed by atoms with van der Waals surface area (Å²) in [4.78, 5) is 16.7. The van der Waals surface area contributed by atoms with Gasteiger partial charge < -0.3 is 15.8 Å². The third kappa shape index (κ3) is 4.79. The standard InChI is InChI=1S/C20H25N3O2/c21-13-15-8-10-17(11-9-15)20(24)23-19-18(7-4-12-22-19)25-14-16-5-2-1-3-6-16/h4,7-12,16H,1-3,5-6,13-14,21H2,(H,22,23,24). The number of carbonyl (C=O) groups is 1. The molecular formula is C20H25N3O2. The number of aromatic nitrogens is 1. The minimum Gasteiger partial charge on any atom is -0.489 e. The molecule has 1 aliphatic carbocycles. The summed E-state index contributed by atoms with van der Waals surface area (Å²) in [5, 5.41) is 2.85. The molecule has 0 radical (unpaired) electrons. The molecule has 1 fully saturated rings. The summed E-state index contributed by atoms with van der Waals surface area (Å²) >= 11 is 0. The molecule has 3 N–H and O–H groups in total. The summed E-state index contributed by atoms with van der Waals surface area (Å²) < 4.78 is 5.96. The Morgan fingerprint density at radius 2 is 1.92 bits per heavy atom. The molecule has 0 spiro atoms. The van der Waals surface area contributed by atoms with Crippen LogP contribution in [-0.4, -0.2) is 17.5 Å². The molecule has 0 unspecified atom stereocenters. The molecule has 5 heteroatoms. The van der Waals surface area contributed by atoms with Crippen LogP contribution in [0.25, 0.3) is 0 Å². The number of anilines is 1. The highest BCUT2D eigenvalue weighted by Gasteiger charge is 2.16. The van der Waals surface area contributed by atoms with Crippen LogP contribution in [0.2, 0.25) is 0 Å². The van der Waals surface area contributed by atoms with Crippen molar-refractivity contribution in [2.45, 2.75) is 38.6 Å². The first-order valence-corrected chi connectivity index (χ1v) is 8.94. The third-order valence-electron chi connectivity index (χ3n) is 4.65. The normalized spacial score (nSPS) is 14.9. The highest BCUT2D eigenvalue weighted by atomic mass is 16.5. The van der Waals surface area contributed by atoms with Crippen LogP contribution in [0.4, 0.5) is 5.82 Å². The van der Waals surface area contributed by atoms with Crippen molar-refractivity contribution in [1.82, 2.24) is 4.98 Å². The molecule has 0 saturated heterocycles. The maximum absolute atomic E-state index is 12.4. The van der Waals surface area contributed by atoms with Crippen molar-refractivity contribution in [2.24, 2.45) is 11.7 Å². The van der Waals surface area contributed by atoms with Crippen LogP contribution >= 0.6 is 0 Å². The summed E-state index contributed by atoms with van der Waals surface area (Å²) in [7, 11) is 0. The van der Waals surface area contributed by atoms with Crippen molar-refractivity contribution in [1.29, 1.82) is 0 Å². The Kier molecular flexibility index (Phi) is 6.01. The van der Waals surface area contributed by atoms with Crippen LogP contribution in [0.5, 0.6) is 5.75 Å². The zero-order valence-electron chi connectivity index (χ0n) is 14.4. The van der Waals surface area contributed by atoms with Gasteiger partial charge in [0.2, 0.25) is 0 Å². The lowest BCUT2D eigenvalue weighted by Gasteiger charge is -2.22. The van der Waals surface area contributed by atoms with Crippen molar-refractivity contribution in [2.75, 3.05) is 11.9 Å². The lowest BCUT2D eigenvalue weighted by molar-refractivity contribution is 0.102. The number of rotatable bonds is 6. The predicted octanol–water partition coefficient (Wildman–Crippen LogP) is 3.75. The first kappa shape index (κ1) is 17.4. The quantitative estimate of drug-likeness (QED) is 0.840. The van der Waals surface area contributed by atoms with Gasteiger partial charge in [-0.05, 0) is 48.6 Å². The Morgan fingerprint density at radius 1 is 1.16 bits per heavy atom. The van der Waals surface area contributed by atoms with E-state index in [2.05, 4.69) is 10.3 Å². The Balaban J connectivity index is 1.64. The fourth-order valence-electron chi connectivity index (χ4n) is 3.13. The van der Waals surface area contributed by atoms with E-state index in [4.69, 9.17) is 10.5 Å². The van der Waals surface area contributed by atoms with Crippen LogP contribution in [0.15, 0.2) is 42.6 Å². The lowest BCUT2D eigenvalue weighted by atomic mass is 9.90. The number of carbonyl (C=O) groups excluding carboxylic acids is 1. The Labute approximate surface area is 148 Å². The van der Waals surface area contributed by atoms with E-state index in [1.54, 1.807) is 18.3 Å². The van der Waals surface area contributed by atoms with Gasteiger partial charge in [0.05, 0.1) is 6.61 Å². The summed E-state index contributed by atoms with van der Waals surface area (Å²) in [6, 6.07) is 10.9. The Bertz CT molecular complexity index is 694. The van der Waals surface area contributed by atoms with E-state index in [0.29, 0.717) is 36.2 Å². The highest BCUT2D eigenvalue weighted by Crippen LogP contribution is 2.27. The molecule has 1 saturated carbocycles. The Morgan fingerprint density at radius 3 is 2.64 bits per heavy atom. The molecule has 25 heavy (non-hydrogen) atoms. The fourth-order valence-corrected chi connectivity index (χ4v) is 3.13. The summed E-state index contributed by atoms with van der Waals surface area (Å²) in [6.07, 6.45) is 7.98. The van der Waals surface area contributed by atoms with E-state index in [0.717, 1.165) is 5.56 Å². The van der Waals surface area contributed by atoms with Gasteiger partial charge in [0.15, 0.2) is 11.6 Å². The van der Waals surface area contributed by atoms with Gasteiger partial charge in [0.25, 0.3) is 5.91 Å². The molecule has 0 bridgehead atoms. The molecule has 2 aromatic rings. The SMILES string of the molecule is NCc1ccc(C(=O)Nc2ncccc2OCC2CCCCC2)cc1. The van der Waals surface area contributed by atoms with Crippen LogP contribution in [0.3, 0.4) is 0 Å². The number of nitrogens with one attached hydrogen (secondary N) is 1. The number of ether oxygens (including phenoxy) is 1. The van der Waals surface area contributed by atoms with Gasteiger partial charge in [-0.3, -0.25) is 4.79 Å². The van der Waals surface area contributed by atoms with Gasteiger partial charge >= 0.3 is 0 Å². The highest BCUT2D eigenvalue weighted by molar-refractivity contribution is 6.04. The summed E-state index contributed by atoms with van der Waals surface area (Å²) in [5.41, 5.74) is 7.15. The van der Waals surface area contributed by atoms with E-state index in [1.807, 2.05) is 24.3 Å². The Hall–Kier alpha value is -2.40. The second-order valence-corrected chi connectivity index (χ2v) is 6.52. The van der Waals surface area contributed by atoms with Gasteiger partial charge in [0, 0.05) is 18.3 Å². The van der Waals surface area contributed by atoms with E-state index >= 15 is 0 Å². The number of amides is 1. The lowest BCUT2D eigenvalue weighted by Crippen LogP contribution is -2.17. The molecule has 1 amide bonds. The third-order valence-corrected chi connectivity index (χ3v) is 4.65. The molecular weight excluding hydrogens is 314 g/mol. The van der Waals surface area contributed by atoms with Crippen molar-refractivity contribution in [3.63, 3.8) is 0 Å².